The zero-order chi connectivity index (χ0) is 29.0. The van der Waals surface area contributed by atoms with Crippen molar-refractivity contribution >= 4 is 81.1 Å². The maximum atomic E-state index is 13.2. The largest absolute Gasteiger partial charge is 0.493 e. The van der Waals surface area contributed by atoms with E-state index in [-0.39, 0.29) is 35.1 Å². The molecule has 0 aromatic heterocycles. The molecule has 1 saturated heterocycles. The van der Waals surface area contributed by atoms with Gasteiger partial charge in [0.15, 0.2) is 18.1 Å². The zero-order valence-electron chi connectivity index (χ0n) is 20.5. The van der Waals surface area contributed by atoms with Crippen LogP contribution in [-0.2, 0) is 14.4 Å². The minimum atomic E-state index is -1.04. The van der Waals surface area contributed by atoms with Crippen LogP contribution in [0.25, 0.3) is 6.08 Å². The molecule has 12 nitrogen and oxygen atoms in total. The van der Waals surface area contributed by atoms with Gasteiger partial charge in [-0.1, -0.05) is 17.7 Å². The van der Waals surface area contributed by atoms with E-state index in [0.29, 0.717) is 24.7 Å². The van der Waals surface area contributed by atoms with Crippen LogP contribution in [-0.4, -0.2) is 42.4 Å². The molecule has 14 heteroatoms. The molecular weight excluding hydrogens is 659 g/mol. The molecule has 0 radical (unpaired) electrons. The van der Waals surface area contributed by atoms with E-state index in [0.717, 1.165) is 6.07 Å². The smallest absolute Gasteiger partial charge is 0.335 e. The van der Waals surface area contributed by atoms with Crippen LogP contribution in [0.15, 0.2) is 66.2 Å². The van der Waals surface area contributed by atoms with Crippen molar-refractivity contribution in [2.75, 3.05) is 23.9 Å². The number of halogens is 2. The molecule has 3 aromatic rings. The van der Waals surface area contributed by atoms with E-state index in [1.54, 1.807) is 30.3 Å². The summed E-state index contributed by atoms with van der Waals surface area (Å²) in [7, 11) is 1.38. The Hall–Kier alpha value is -4.50. The highest BCUT2D eigenvalue weighted by molar-refractivity contribution is 14.1. The number of methoxy groups -OCH3 is 1. The van der Waals surface area contributed by atoms with Gasteiger partial charge in [-0.3, -0.25) is 29.8 Å². The first-order chi connectivity index (χ1) is 19.1. The second kappa shape index (κ2) is 12.1. The van der Waals surface area contributed by atoms with E-state index >= 15 is 0 Å². The monoisotopic (exact) mass is 676 g/mol. The summed E-state index contributed by atoms with van der Waals surface area (Å²) in [5.74, 6) is -1.87. The predicted octanol–water partition coefficient (Wildman–Crippen LogP) is 4.55. The number of hydrogen-bond acceptors (Lipinski definition) is 8. The molecule has 4 rings (SSSR count). The first-order valence-corrected chi connectivity index (χ1v) is 12.7. The molecular formula is C26H18ClIN4O8. The molecule has 2 N–H and O–H groups in total. The lowest BCUT2D eigenvalue weighted by atomic mass is 10.1. The van der Waals surface area contributed by atoms with Crippen LogP contribution in [0.4, 0.5) is 21.9 Å². The normalized spacial score (nSPS) is 14.1. The fourth-order valence-corrected chi connectivity index (χ4v) is 4.54. The van der Waals surface area contributed by atoms with Crippen molar-refractivity contribution < 1.29 is 33.6 Å². The number of nitro benzene ring substituents is 1. The van der Waals surface area contributed by atoms with Crippen LogP contribution < -0.4 is 25.0 Å². The van der Waals surface area contributed by atoms with E-state index in [9.17, 15) is 29.3 Å². The highest BCUT2D eigenvalue weighted by Crippen LogP contribution is 2.35. The molecule has 0 spiro atoms. The first kappa shape index (κ1) is 28.5. The van der Waals surface area contributed by atoms with Crippen molar-refractivity contribution in [2.24, 2.45) is 0 Å². The van der Waals surface area contributed by atoms with Gasteiger partial charge < -0.3 is 14.8 Å². The minimum Gasteiger partial charge on any atom is -0.493 e. The molecule has 0 aliphatic carbocycles. The Labute approximate surface area is 245 Å². The molecule has 3 aromatic carbocycles. The highest BCUT2D eigenvalue weighted by atomic mass is 127. The van der Waals surface area contributed by atoms with E-state index in [2.05, 4.69) is 10.6 Å². The second-order valence-corrected chi connectivity index (χ2v) is 9.71. The zero-order valence-corrected chi connectivity index (χ0v) is 23.4. The number of benzene rings is 3. The van der Waals surface area contributed by atoms with Gasteiger partial charge in [0.2, 0.25) is 0 Å². The summed E-state index contributed by atoms with van der Waals surface area (Å²) in [6.07, 6.45) is 1.25. The van der Waals surface area contributed by atoms with E-state index in [1.165, 1.54) is 37.5 Å². The number of ether oxygens (including phenoxy) is 2. The molecule has 5 amide bonds. The molecule has 204 valence electrons. The number of non-ortho nitro benzene ring substituents is 1. The Bertz CT molecular complexity index is 1580. The van der Waals surface area contributed by atoms with Gasteiger partial charge in [0.1, 0.15) is 5.57 Å². The summed E-state index contributed by atoms with van der Waals surface area (Å²) in [6, 6.07) is 13.5. The van der Waals surface area contributed by atoms with Crippen molar-refractivity contribution in [3.63, 3.8) is 0 Å². The number of hydrogen-bond donors (Lipinski definition) is 2. The quantitative estimate of drug-likeness (QED) is 0.116. The van der Waals surface area contributed by atoms with Crippen LogP contribution in [0.5, 0.6) is 11.5 Å². The molecule has 1 aliphatic heterocycles. The number of nitro groups is 1. The standard InChI is InChI=1S/C26H18ClIN4O8/c1-39-21-11-14(10-20(28)23(21)40-13-22(33)29-16-7-5-15(27)6-8-16)9-19-24(34)30-26(36)31(25(19)35)17-3-2-4-18(12-17)32(37)38/h2-12H,13H2,1H3,(H,29,33)(H,30,34,36)/b19-9+. The van der Waals surface area contributed by atoms with Gasteiger partial charge in [0.05, 0.1) is 21.3 Å². The number of carbonyl (C=O) groups excluding carboxylic acids is 4. The number of imide groups is 2. The maximum absolute atomic E-state index is 13.2. The van der Waals surface area contributed by atoms with E-state index < -0.39 is 28.7 Å². The van der Waals surface area contributed by atoms with E-state index in [1.807, 2.05) is 22.6 Å². The summed E-state index contributed by atoms with van der Waals surface area (Å²) in [5.41, 5.74) is 0.0841. The third-order valence-corrected chi connectivity index (χ3v) is 6.49. The Morgan fingerprint density at radius 3 is 2.55 bits per heavy atom. The lowest BCUT2D eigenvalue weighted by Gasteiger charge is -2.26. The number of nitrogens with one attached hydrogen (secondary N) is 2. The molecule has 40 heavy (non-hydrogen) atoms. The molecule has 0 saturated carbocycles. The summed E-state index contributed by atoms with van der Waals surface area (Å²) in [4.78, 5) is 61.6. The Kier molecular flexibility index (Phi) is 8.64. The number of carbonyl (C=O) groups is 4. The minimum absolute atomic E-state index is 0.0807. The third kappa shape index (κ3) is 6.38. The SMILES string of the molecule is COc1cc(/C=C2\C(=O)NC(=O)N(c3cccc([N+](=O)[O-])c3)C2=O)cc(I)c1OCC(=O)Nc1ccc(Cl)cc1. The predicted molar refractivity (Wildman–Crippen MR) is 153 cm³/mol. The van der Waals surface area contributed by atoms with Crippen LogP contribution in [0.2, 0.25) is 5.02 Å². The number of urea groups is 1. The fourth-order valence-electron chi connectivity index (χ4n) is 3.64. The van der Waals surface area contributed by atoms with Gasteiger partial charge in [-0.25, -0.2) is 9.69 Å². The lowest BCUT2D eigenvalue weighted by molar-refractivity contribution is -0.384. The molecule has 1 aliphatic rings. The number of anilines is 2. The summed E-state index contributed by atoms with van der Waals surface area (Å²) in [6.45, 7) is -0.337. The highest BCUT2D eigenvalue weighted by Gasteiger charge is 2.37. The Morgan fingerprint density at radius 2 is 1.88 bits per heavy atom. The van der Waals surface area contributed by atoms with Crippen molar-refractivity contribution in [3.05, 3.63) is 90.5 Å². The fraction of sp³-hybridized carbons (Fsp3) is 0.0769. The van der Waals surface area contributed by atoms with Crippen molar-refractivity contribution in [2.45, 2.75) is 0 Å². The van der Waals surface area contributed by atoms with Crippen LogP contribution >= 0.6 is 34.2 Å². The summed E-state index contributed by atoms with van der Waals surface area (Å²) in [5, 5.41) is 16.4. The average molecular weight is 677 g/mol. The topological polar surface area (TPSA) is 157 Å². The van der Waals surface area contributed by atoms with Crippen LogP contribution in [0.1, 0.15) is 5.56 Å². The van der Waals surface area contributed by atoms with Gasteiger partial charge in [0, 0.05) is 22.8 Å². The molecule has 1 heterocycles. The van der Waals surface area contributed by atoms with Gasteiger partial charge in [0.25, 0.3) is 23.4 Å². The van der Waals surface area contributed by atoms with Gasteiger partial charge in [-0.05, 0) is 76.7 Å². The molecule has 0 unspecified atom stereocenters. The van der Waals surface area contributed by atoms with Crippen LogP contribution in [0, 0.1) is 13.7 Å². The molecule has 0 atom stereocenters. The van der Waals surface area contributed by atoms with E-state index in [4.69, 9.17) is 21.1 Å². The Balaban J connectivity index is 1.57. The van der Waals surface area contributed by atoms with Crippen molar-refractivity contribution in [3.8, 4) is 11.5 Å². The van der Waals surface area contributed by atoms with Crippen molar-refractivity contribution in [1.29, 1.82) is 0 Å². The Morgan fingerprint density at radius 1 is 1.15 bits per heavy atom. The number of amides is 5. The second-order valence-electron chi connectivity index (χ2n) is 8.11. The summed E-state index contributed by atoms with van der Waals surface area (Å²) < 4.78 is 11.6. The average Bonchev–Trinajstić information content (AvgIpc) is 2.91. The van der Waals surface area contributed by atoms with Gasteiger partial charge in [-0.2, -0.15) is 0 Å². The summed E-state index contributed by atoms with van der Waals surface area (Å²) >= 11 is 7.80. The molecule has 1 fully saturated rings. The van der Waals surface area contributed by atoms with Crippen LogP contribution in [0.3, 0.4) is 0 Å². The first-order valence-electron chi connectivity index (χ1n) is 11.3. The number of rotatable bonds is 8. The van der Waals surface area contributed by atoms with Crippen molar-refractivity contribution in [1.82, 2.24) is 5.32 Å². The van der Waals surface area contributed by atoms with Gasteiger partial charge in [-0.15, -0.1) is 0 Å². The lowest BCUT2D eigenvalue weighted by Crippen LogP contribution is -2.54. The van der Waals surface area contributed by atoms with Gasteiger partial charge >= 0.3 is 6.03 Å². The third-order valence-electron chi connectivity index (χ3n) is 5.44. The number of nitrogens with zero attached hydrogens (tertiary/aromatic N) is 2. The molecule has 0 bridgehead atoms. The number of barbiturate groups is 1. The maximum Gasteiger partial charge on any atom is 0.335 e.